The van der Waals surface area contributed by atoms with Crippen molar-refractivity contribution in [2.24, 2.45) is 0 Å². The lowest BCUT2D eigenvalue weighted by Crippen LogP contribution is -2.39. The Morgan fingerprint density at radius 3 is 2.76 bits per heavy atom. The second-order valence-corrected chi connectivity index (χ2v) is 6.28. The second-order valence-electron chi connectivity index (χ2n) is 5.92. The molecule has 0 bridgehead atoms. The summed E-state index contributed by atoms with van der Waals surface area (Å²) in [4.78, 5) is 30.6. The van der Waals surface area contributed by atoms with Crippen molar-refractivity contribution in [3.8, 4) is 0 Å². The van der Waals surface area contributed by atoms with Gasteiger partial charge in [0.05, 0.1) is 32.4 Å². The molecule has 0 atom stereocenters. The SMILES string of the molecule is COC(=O)C1=CC(c2c[nH]c(=O)c(N3CCOCC3)c2)=C(Cl)N(C)C1. The summed E-state index contributed by atoms with van der Waals surface area (Å²) in [6.45, 7) is 2.85. The smallest absolute Gasteiger partial charge is 0.335 e. The number of esters is 1. The van der Waals surface area contributed by atoms with E-state index in [-0.39, 0.29) is 5.56 Å². The fraction of sp³-hybridized carbons (Fsp3) is 0.412. The van der Waals surface area contributed by atoms with Crippen LogP contribution >= 0.6 is 11.6 Å². The molecule has 0 saturated carbocycles. The summed E-state index contributed by atoms with van der Waals surface area (Å²) < 4.78 is 10.2. The van der Waals surface area contributed by atoms with E-state index >= 15 is 0 Å². The van der Waals surface area contributed by atoms with E-state index in [1.807, 2.05) is 4.90 Å². The standard InChI is InChI=1S/C17H20ClN3O4/c1-20-10-12(17(23)24-2)7-13(15(20)18)11-8-14(16(22)19-9-11)21-3-5-25-6-4-21/h7-9H,3-6,10H2,1-2H3,(H,19,22). The van der Waals surface area contributed by atoms with Gasteiger partial charge in [0.1, 0.15) is 10.8 Å². The molecule has 3 rings (SSSR count). The normalized spacial score (nSPS) is 18.3. The van der Waals surface area contributed by atoms with Crippen molar-refractivity contribution >= 4 is 28.8 Å². The summed E-state index contributed by atoms with van der Waals surface area (Å²) in [6.07, 6.45) is 3.32. The van der Waals surface area contributed by atoms with Gasteiger partial charge < -0.3 is 24.3 Å². The Bertz CT molecular complexity index is 793. The molecular weight excluding hydrogens is 346 g/mol. The maximum Gasteiger partial charge on any atom is 0.335 e. The van der Waals surface area contributed by atoms with Gasteiger partial charge in [-0.25, -0.2) is 4.79 Å². The van der Waals surface area contributed by atoms with E-state index in [4.69, 9.17) is 21.1 Å². The zero-order chi connectivity index (χ0) is 18.0. The van der Waals surface area contributed by atoms with Gasteiger partial charge in [0.25, 0.3) is 5.56 Å². The van der Waals surface area contributed by atoms with Crippen LogP contribution in [-0.2, 0) is 14.3 Å². The topological polar surface area (TPSA) is 74.9 Å². The van der Waals surface area contributed by atoms with Crippen LogP contribution in [-0.4, -0.2) is 62.9 Å². The van der Waals surface area contributed by atoms with Gasteiger partial charge in [0.2, 0.25) is 0 Å². The maximum atomic E-state index is 12.2. The number of allylic oxidation sites excluding steroid dienone is 2. The molecule has 8 heteroatoms. The number of pyridine rings is 1. The van der Waals surface area contributed by atoms with Crippen molar-refractivity contribution in [3.05, 3.63) is 45.0 Å². The summed E-state index contributed by atoms with van der Waals surface area (Å²) in [5.74, 6) is -0.397. The van der Waals surface area contributed by atoms with Gasteiger partial charge in [-0.15, -0.1) is 0 Å². The maximum absolute atomic E-state index is 12.2. The van der Waals surface area contributed by atoms with Crippen molar-refractivity contribution in [2.75, 3.05) is 51.9 Å². The molecule has 3 heterocycles. The van der Waals surface area contributed by atoms with E-state index in [0.29, 0.717) is 54.8 Å². The van der Waals surface area contributed by atoms with E-state index in [0.717, 1.165) is 5.56 Å². The van der Waals surface area contributed by atoms with Gasteiger partial charge in [-0.3, -0.25) is 4.79 Å². The number of nitrogens with zero attached hydrogens (tertiary/aromatic N) is 2. The summed E-state index contributed by atoms with van der Waals surface area (Å²) in [6, 6.07) is 1.80. The average Bonchev–Trinajstić information content (AvgIpc) is 2.64. The fourth-order valence-corrected chi connectivity index (χ4v) is 3.16. The molecule has 1 aromatic rings. The van der Waals surface area contributed by atoms with Crippen LogP contribution in [0.5, 0.6) is 0 Å². The first kappa shape index (κ1) is 17.6. The highest BCUT2D eigenvalue weighted by Gasteiger charge is 2.23. The van der Waals surface area contributed by atoms with Gasteiger partial charge in [0.15, 0.2) is 0 Å². The molecule has 0 spiro atoms. The Morgan fingerprint density at radius 2 is 2.08 bits per heavy atom. The summed E-state index contributed by atoms with van der Waals surface area (Å²) in [7, 11) is 3.14. The molecular formula is C17H20ClN3O4. The number of aromatic amines is 1. The number of likely N-dealkylation sites (N-methyl/N-ethyl adjacent to an activating group) is 1. The van der Waals surface area contributed by atoms with Crippen LogP contribution in [0.3, 0.4) is 0 Å². The van der Waals surface area contributed by atoms with Crippen LogP contribution in [0, 0.1) is 0 Å². The Balaban J connectivity index is 2.02. The molecule has 0 unspecified atom stereocenters. The minimum absolute atomic E-state index is 0.163. The predicted octanol–water partition coefficient (Wildman–Crippen LogP) is 1.16. The molecule has 2 aliphatic rings. The van der Waals surface area contributed by atoms with Crippen molar-refractivity contribution in [1.29, 1.82) is 0 Å². The number of rotatable bonds is 3. The quantitative estimate of drug-likeness (QED) is 0.640. The Kier molecular flexibility index (Phi) is 5.15. The van der Waals surface area contributed by atoms with E-state index in [2.05, 4.69) is 4.98 Å². The third-order valence-electron chi connectivity index (χ3n) is 4.28. The molecule has 0 radical (unpaired) electrons. The van der Waals surface area contributed by atoms with Gasteiger partial charge in [-0.05, 0) is 12.1 Å². The number of ether oxygens (including phenoxy) is 2. The Hall–Kier alpha value is -2.25. The van der Waals surface area contributed by atoms with Crippen LogP contribution in [0.1, 0.15) is 5.56 Å². The van der Waals surface area contributed by atoms with E-state index in [1.54, 1.807) is 30.3 Å². The Labute approximate surface area is 150 Å². The summed E-state index contributed by atoms with van der Waals surface area (Å²) in [5.41, 5.74) is 2.31. The van der Waals surface area contributed by atoms with Crippen LogP contribution in [0.4, 0.5) is 5.69 Å². The molecule has 25 heavy (non-hydrogen) atoms. The molecule has 1 saturated heterocycles. The first-order valence-electron chi connectivity index (χ1n) is 7.97. The highest BCUT2D eigenvalue weighted by Crippen LogP contribution is 2.31. The molecule has 1 N–H and O–H groups in total. The number of hydrogen-bond donors (Lipinski definition) is 1. The number of carbonyl (C=O) groups excluding carboxylic acids is 1. The lowest BCUT2D eigenvalue weighted by molar-refractivity contribution is -0.136. The second kappa shape index (κ2) is 7.33. The number of anilines is 1. The molecule has 134 valence electrons. The third-order valence-corrected chi connectivity index (χ3v) is 4.77. The van der Waals surface area contributed by atoms with Crippen LogP contribution < -0.4 is 10.5 Å². The van der Waals surface area contributed by atoms with Crippen molar-refractivity contribution in [3.63, 3.8) is 0 Å². The average molecular weight is 366 g/mol. The minimum atomic E-state index is -0.397. The third kappa shape index (κ3) is 3.57. The molecule has 7 nitrogen and oxygen atoms in total. The van der Waals surface area contributed by atoms with Crippen molar-refractivity contribution < 1.29 is 14.3 Å². The lowest BCUT2D eigenvalue weighted by Gasteiger charge is -2.29. The highest BCUT2D eigenvalue weighted by atomic mass is 35.5. The first-order chi connectivity index (χ1) is 12.0. The lowest BCUT2D eigenvalue weighted by atomic mass is 10.0. The van der Waals surface area contributed by atoms with Gasteiger partial charge in [-0.1, -0.05) is 11.6 Å². The summed E-state index contributed by atoms with van der Waals surface area (Å²) >= 11 is 6.44. The van der Waals surface area contributed by atoms with E-state index in [1.165, 1.54) is 7.11 Å². The molecule has 1 aromatic heterocycles. The number of H-pyrrole nitrogens is 1. The van der Waals surface area contributed by atoms with Crippen LogP contribution in [0.15, 0.2) is 33.9 Å². The highest BCUT2D eigenvalue weighted by molar-refractivity contribution is 6.33. The predicted molar refractivity (Wildman–Crippen MR) is 95.6 cm³/mol. The molecule has 1 fully saturated rings. The van der Waals surface area contributed by atoms with Gasteiger partial charge >= 0.3 is 5.97 Å². The number of carbonyl (C=O) groups is 1. The zero-order valence-corrected chi connectivity index (χ0v) is 14.9. The van der Waals surface area contributed by atoms with Crippen molar-refractivity contribution in [2.45, 2.75) is 0 Å². The summed E-state index contributed by atoms with van der Waals surface area (Å²) in [5, 5.41) is 0.507. The zero-order valence-electron chi connectivity index (χ0n) is 14.2. The fourth-order valence-electron chi connectivity index (χ4n) is 2.93. The minimum Gasteiger partial charge on any atom is -0.466 e. The number of halogens is 1. The Morgan fingerprint density at radius 1 is 1.36 bits per heavy atom. The number of aromatic nitrogens is 1. The molecule has 0 aromatic carbocycles. The number of nitrogens with one attached hydrogen (secondary N) is 1. The van der Waals surface area contributed by atoms with Crippen molar-refractivity contribution in [1.82, 2.24) is 9.88 Å². The number of hydrogen-bond acceptors (Lipinski definition) is 6. The van der Waals surface area contributed by atoms with E-state index in [9.17, 15) is 9.59 Å². The molecule has 2 aliphatic heterocycles. The van der Waals surface area contributed by atoms with E-state index < -0.39 is 5.97 Å². The first-order valence-corrected chi connectivity index (χ1v) is 8.34. The monoisotopic (exact) mass is 365 g/mol. The number of methoxy groups -OCH3 is 1. The van der Waals surface area contributed by atoms with Crippen LogP contribution in [0.2, 0.25) is 0 Å². The number of morpholine rings is 1. The van der Waals surface area contributed by atoms with Gasteiger partial charge in [0, 0.05) is 37.5 Å². The largest absolute Gasteiger partial charge is 0.466 e. The van der Waals surface area contributed by atoms with Crippen LogP contribution in [0.25, 0.3) is 5.57 Å². The van der Waals surface area contributed by atoms with Gasteiger partial charge in [-0.2, -0.15) is 0 Å². The molecule has 0 amide bonds. The molecule has 0 aliphatic carbocycles.